The number of aliphatic carboxylic acids is 1. The summed E-state index contributed by atoms with van der Waals surface area (Å²) in [6, 6.07) is 0. The molecule has 14 heavy (non-hydrogen) atoms. The number of aliphatic hydroxyl groups excluding tert-OH is 3. The van der Waals surface area contributed by atoms with Crippen LogP contribution in [0.2, 0.25) is 0 Å². The molecule has 0 spiro atoms. The fraction of sp³-hybridized carbons (Fsp3) is 0.857. The molecule has 0 aromatic carbocycles. The van der Waals surface area contributed by atoms with E-state index in [1.807, 2.05) is 0 Å². The zero-order valence-electron chi connectivity index (χ0n) is 7.50. The maximum absolute atomic E-state index is 10.5. The first-order valence-electron chi connectivity index (χ1n) is 3.87. The first-order chi connectivity index (χ1) is 5.87. The number of carbonyl (C=O) groups is 1. The summed E-state index contributed by atoms with van der Waals surface area (Å²) in [7, 11) is 0. The molecule has 0 saturated heterocycles. The number of carboxylic acid groups (broad SMARTS) is 1. The van der Waals surface area contributed by atoms with E-state index < -0.39 is 42.7 Å². The maximum Gasteiger partial charge on any atom is 0.335 e. The molecule has 7 heteroatoms. The molecule has 1 aliphatic carbocycles. The van der Waals surface area contributed by atoms with Crippen LogP contribution in [0, 0.1) is 0 Å². The van der Waals surface area contributed by atoms with Gasteiger partial charge in [0.05, 0.1) is 12.2 Å². The fourth-order valence-corrected chi connectivity index (χ4v) is 1.45. The van der Waals surface area contributed by atoms with Gasteiger partial charge >= 0.3 is 5.97 Å². The van der Waals surface area contributed by atoms with Gasteiger partial charge in [0.1, 0.15) is 6.10 Å². The number of aliphatic hydroxyl groups is 4. The second-order valence-corrected chi connectivity index (χ2v) is 3.37. The molecule has 0 amide bonds. The molecular weight excluding hydrogens is 194 g/mol. The van der Waals surface area contributed by atoms with Gasteiger partial charge in [0.15, 0.2) is 5.60 Å². The van der Waals surface area contributed by atoms with Crippen molar-refractivity contribution in [2.24, 2.45) is 0 Å². The number of hydrogen-bond acceptors (Lipinski definition) is 6. The average Bonchev–Trinajstić information content (AvgIpc) is 2.00. The lowest BCUT2D eigenvalue weighted by atomic mass is 9.80. The van der Waals surface area contributed by atoms with Gasteiger partial charge in [-0.3, -0.25) is 0 Å². The van der Waals surface area contributed by atoms with Gasteiger partial charge in [-0.15, -0.1) is 0 Å². The Bertz CT molecular complexity index is 208. The third-order valence-corrected chi connectivity index (χ3v) is 2.28. The fourth-order valence-electron chi connectivity index (χ4n) is 1.45. The molecular formula is C7H15NO6. The lowest BCUT2D eigenvalue weighted by Crippen LogP contribution is -2.56. The Balaban J connectivity index is 0.00000169. The van der Waals surface area contributed by atoms with E-state index in [0.29, 0.717) is 0 Å². The van der Waals surface area contributed by atoms with Crippen LogP contribution in [0.15, 0.2) is 0 Å². The topological polar surface area (TPSA) is 153 Å². The molecule has 0 bridgehead atoms. The second kappa shape index (κ2) is 4.20. The molecule has 1 aliphatic rings. The SMILES string of the molecule is N.O=C(O)[C@@]1(O)CC(O)[C@H](O)[C@H](O)C1. The zero-order chi connectivity index (χ0) is 10.2. The van der Waals surface area contributed by atoms with Crippen LogP contribution in [-0.4, -0.2) is 55.4 Å². The molecule has 1 saturated carbocycles. The number of carboxylic acids is 1. The first-order valence-corrected chi connectivity index (χ1v) is 3.87. The molecule has 0 aromatic heterocycles. The van der Waals surface area contributed by atoms with E-state index in [9.17, 15) is 9.90 Å². The molecule has 0 heterocycles. The van der Waals surface area contributed by atoms with Crippen LogP contribution in [0.1, 0.15) is 12.8 Å². The van der Waals surface area contributed by atoms with E-state index in [-0.39, 0.29) is 6.15 Å². The summed E-state index contributed by atoms with van der Waals surface area (Å²) >= 11 is 0. The third-order valence-electron chi connectivity index (χ3n) is 2.28. The van der Waals surface area contributed by atoms with Gasteiger partial charge in [0.25, 0.3) is 0 Å². The highest BCUT2D eigenvalue weighted by atomic mass is 16.4. The van der Waals surface area contributed by atoms with Gasteiger partial charge in [-0.25, -0.2) is 4.79 Å². The van der Waals surface area contributed by atoms with Crippen molar-refractivity contribution in [2.45, 2.75) is 36.8 Å². The minimum Gasteiger partial charge on any atom is -0.479 e. The molecule has 0 radical (unpaired) electrons. The molecule has 7 nitrogen and oxygen atoms in total. The second-order valence-electron chi connectivity index (χ2n) is 3.37. The van der Waals surface area contributed by atoms with E-state index in [0.717, 1.165) is 0 Å². The van der Waals surface area contributed by atoms with Crippen molar-refractivity contribution < 1.29 is 30.3 Å². The maximum atomic E-state index is 10.5. The molecule has 84 valence electrons. The Morgan fingerprint density at radius 1 is 1.14 bits per heavy atom. The Morgan fingerprint density at radius 3 is 1.79 bits per heavy atom. The van der Waals surface area contributed by atoms with Crippen molar-refractivity contribution in [3.8, 4) is 0 Å². The van der Waals surface area contributed by atoms with Crippen molar-refractivity contribution in [1.29, 1.82) is 0 Å². The third kappa shape index (κ3) is 2.20. The van der Waals surface area contributed by atoms with Crippen LogP contribution in [-0.2, 0) is 4.79 Å². The van der Waals surface area contributed by atoms with E-state index in [4.69, 9.17) is 20.4 Å². The molecule has 1 fully saturated rings. The predicted octanol–water partition coefficient (Wildman–Crippen LogP) is -2.16. The summed E-state index contributed by atoms with van der Waals surface area (Å²) in [6.45, 7) is 0. The Kier molecular flexibility index (Phi) is 3.98. The smallest absolute Gasteiger partial charge is 0.335 e. The minimum atomic E-state index is -2.14. The molecule has 1 rings (SSSR count). The highest BCUT2D eigenvalue weighted by molar-refractivity contribution is 5.77. The van der Waals surface area contributed by atoms with Crippen LogP contribution in [0.4, 0.5) is 0 Å². The molecule has 1 unspecified atom stereocenters. The highest BCUT2D eigenvalue weighted by Gasteiger charge is 2.48. The lowest BCUT2D eigenvalue weighted by Gasteiger charge is -2.37. The van der Waals surface area contributed by atoms with Crippen LogP contribution in [0.25, 0.3) is 0 Å². The first kappa shape index (κ1) is 13.3. The summed E-state index contributed by atoms with van der Waals surface area (Å²) < 4.78 is 0. The van der Waals surface area contributed by atoms with E-state index in [2.05, 4.69) is 0 Å². The van der Waals surface area contributed by atoms with Crippen molar-refractivity contribution in [3.63, 3.8) is 0 Å². The van der Waals surface area contributed by atoms with E-state index in [1.165, 1.54) is 0 Å². The number of hydrogen-bond donors (Lipinski definition) is 6. The minimum absolute atomic E-state index is 0. The van der Waals surface area contributed by atoms with E-state index in [1.54, 1.807) is 0 Å². The van der Waals surface area contributed by atoms with Crippen molar-refractivity contribution in [1.82, 2.24) is 6.15 Å². The van der Waals surface area contributed by atoms with Crippen molar-refractivity contribution in [3.05, 3.63) is 0 Å². The summed E-state index contributed by atoms with van der Waals surface area (Å²) in [4.78, 5) is 10.5. The van der Waals surface area contributed by atoms with Gasteiger partial charge in [-0.2, -0.15) is 0 Å². The molecule has 0 aliphatic heterocycles. The Morgan fingerprint density at radius 2 is 1.50 bits per heavy atom. The van der Waals surface area contributed by atoms with Crippen LogP contribution in [0.5, 0.6) is 0 Å². The average molecular weight is 209 g/mol. The predicted molar refractivity (Wildman–Crippen MR) is 44.9 cm³/mol. The molecule has 0 aromatic rings. The van der Waals surface area contributed by atoms with Gasteiger partial charge in [0, 0.05) is 12.8 Å². The van der Waals surface area contributed by atoms with Gasteiger partial charge < -0.3 is 31.7 Å². The van der Waals surface area contributed by atoms with Crippen molar-refractivity contribution >= 4 is 5.97 Å². The number of rotatable bonds is 1. The summed E-state index contributed by atoms with van der Waals surface area (Å²) in [5.41, 5.74) is -2.14. The molecule has 4 atom stereocenters. The highest BCUT2D eigenvalue weighted by Crippen LogP contribution is 2.29. The summed E-state index contributed by atoms with van der Waals surface area (Å²) in [6.07, 6.45) is -5.16. The van der Waals surface area contributed by atoms with Crippen LogP contribution >= 0.6 is 0 Å². The van der Waals surface area contributed by atoms with E-state index >= 15 is 0 Å². The Hall–Kier alpha value is -0.730. The normalized spacial score (nSPS) is 42.7. The largest absolute Gasteiger partial charge is 0.479 e. The van der Waals surface area contributed by atoms with Crippen LogP contribution in [0.3, 0.4) is 0 Å². The summed E-state index contributed by atoms with van der Waals surface area (Å²) in [5, 5.41) is 45.2. The zero-order valence-corrected chi connectivity index (χ0v) is 7.50. The standard InChI is InChI=1S/C7H12O6.H3N/c8-3-1-7(13,6(11)12)2-4(9)5(3)10;/h3-5,8-10,13H,1-2H2,(H,11,12);1H3/t3-,4?,5-,7+;/m1./s1. The van der Waals surface area contributed by atoms with Gasteiger partial charge in [0.2, 0.25) is 0 Å². The van der Waals surface area contributed by atoms with Crippen molar-refractivity contribution in [2.75, 3.05) is 0 Å². The lowest BCUT2D eigenvalue weighted by molar-refractivity contribution is -0.187. The van der Waals surface area contributed by atoms with Gasteiger partial charge in [-0.05, 0) is 0 Å². The monoisotopic (exact) mass is 209 g/mol. The molecule has 8 N–H and O–H groups in total. The quantitative estimate of drug-likeness (QED) is 0.287. The Labute approximate surface area is 80.2 Å². The van der Waals surface area contributed by atoms with Crippen LogP contribution < -0.4 is 6.15 Å². The van der Waals surface area contributed by atoms with Gasteiger partial charge in [-0.1, -0.05) is 0 Å². The summed E-state index contributed by atoms with van der Waals surface area (Å²) in [5.74, 6) is -1.50.